The summed E-state index contributed by atoms with van der Waals surface area (Å²) in [5.41, 5.74) is 1.18. The first-order valence-corrected chi connectivity index (χ1v) is 6.50. The highest BCUT2D eigenvalue weighted by Gasteiger charge is 2.28. The summed E-state index contributed by atoms with van der Waals surface area (Å²) >= 11 is 1.38. The van der Waals surface area contributed by atoms with Crippen LogP contribution in [-0.4, -0.2) is 28.6 Å². The van der Waals surface area contributed by atoms with E-state index in [1.54, 1.807) is 0 Å². The van der Waals surface area contributed by atoms with E-state index in [9.17, 15) is 4.79 Å². The number of hydrogen-bond acceptors (Lipinski definition) is 3. The molecule has 0 atom stereocenters. The number of hydrogen-bond donors (Lipinski definition) is 1. The lowest BCUT2D eigenvalue weighted by molar-refractivity contribution is 0.0702. The molecule has 0 aliphatic heterocycles. The quantitative estimate of drug-likeness (QED) is 0.859. The van der Waals surface area contributed by atoms with Gasteiger partial charge in [-0.1, -0.05) is 6.92 Å². The average Bonchev–Trinajstić information content (AvgIpc) is 3.00. The van der Waals surface area contributed by atoms with Gasteiger partial charge < -0.3 is 5.11 Å². The zero-order valence-corrected chi connectivity index (χ0v) is 10.5. The molecule has 0 aromatic carbocycles. The van der Waals surface area contributed by atoms with Gasteiger partial charge in [-0.3, -0.25) is 4.90 Å². The smallest absolute Gasteiger partial charge is 0.345 e. The second kappa shape index (κ2) is 4.55. The topological polar surface area (TPSA) is 40.5 Å². The Kier molecular flexibility index (Phi) is 3.30. The fourth-order valence-electron chi connectivity index (χ4n) is 1.94. The fraction of sp³-hybridized carbons (Fsp3) is 0.583. The summed E-state index contributed by atoms with van der Waals surface area (Å²) in [7, 11) is 0. The Labute approximate surface area is 99.7 Å². The molecule has 1 saturated carbocycles. The minimum Gasteiger partial charge on any atom is -0.477 e. The summed E-state index contributed by atoms with van der Waals surface area (Å²) in [6, 6.07) is 2.56. The third-order valence-electron chi connectivity index (χ3n) is 3.07. The number of carboxylic acids is 1. The van der Waals surface area contributed by atoms with Gasteiger partial charge in [0.2, 0.25) is 0 Å². The second-order valence-corrected chi connectivity index (χ2v) is 5.55. The Bertz CT molecular complexity index is 396. The van der Waals surface area contributed by atoms with Gasteiger partial charge in [0.05, 0.1) is 0 Å². The van der Waals surface area contributed by atoms with Crippen LogP contribution in [0.2, 0.25) is 0 Å². The highest BCUT2D eigenvalue weighted by Crippen LogP contribution is 2.30. The molecule has 0 radical (unpaired) electrons. The summed E-state index contributed by atoms with van der Waals surface area (Å²) in [6.07, 6.45) is 2.59. The molecule has 1 heterocycles. The van der Waals surface area contributed by atoms with Crippen LogP contribution in [0.1, 0.15) is 39.9 Å². The van der Waals surface area contributed by atoms with Gasteiger partial charge in [0.25, 0.3) is 0 Å². The number of aryl methyl sites for hydroxylation is 1. The van der Waals surface area contributed by atoms with E-state index in [4.69, 9.17) is 5.11 Å². The standard InChI is InChI=1S/C12H17NO2S/c1-3-13(10-4-5-10)7-9-6-11(12(14)15)16-8(9)2/h6,10H,3-5,7H2,1-2H3,(H,14,15). The first-order chi connectivity index (χ1) is 7.61. The first-order valence-electron chi connectivity index (χ1n) is 5.68. The van der Waals surface area contributed by atoms with Crippen LogP contribution in [0, 0.1) is 6.92 Å². The molecule has 1 aliphatic carbocycles. The summed E-state index contributed by atoms with van der Waals surface area (Å²) < 4.78 is 0. The normalized spacial score (nSPS) is 15.7. The molecule has 16 heavy (non-hydrogen) atoms. The maximum absolute atomic E-state index is 10.9. The summed E-state index contributed by atoms with van der Waals surface area (Å²) in [5, 5.41) is 8.93. The van der Waals surface area contributed by atoms with Crippen LogP contribution >= 0.6 is 11.3 Å². The van der Waals surface area contributed by atoms with E-state index in [0.717, 1.165) is 24.0 Å². The molecule has 0 unspecified atom stereocenters. The van der Waals surface area contributed by atoms with E-state index in [2.05, 4.69) is 11.8 Å². The maximum atomic E-state index is 10.9. The van der Waals surface area contributed by atoms with Gasteiger partial charge in [0, 0.05) is 17.5 Å². The third kappa shape index (κ3) is 2.44. The van der Waals surface area contributed by atoms with E-state index in [1.165, 1.54) is 29.7 Å². The lowest BCUT2D eigenvalue weighted by atomic mass is 10.2. The number of nitrogens with zero attached hydrogens (tertiary/aromatic N) is 1. The molecule has 1 aromatic heterocycles. The number of rotatable bonds is 5. The van der Waals surface area contributed by atoms with Gasteiger partial charge in [-0.2, -0.15) is 0 Å². The number of aromatic carboxylic acids is 1. The van der Waals surface area contributed by atoms with Crippen LogP contribution in [0.4, 0.5) is 0 Å². The Balaban J connectivity index is 2.10. The van der Waals surface area contributed by atoms with Crippen molar-refractivity contribution in [3.63, 3.8) is 0 Å². The molecule has 0 bridgehead atoms. The SMILES string of the molecule is CCN(Cc1cc(C(=O)O)sc1C)C1CC1. The molecule has 4 heteroatoms. The highest BCUT2D eigenvalue weighted by atomic mass is 32.1. The van der Waals surface area contributed by atoms with Crippen LogP contribution in [0.3, 0.4) is 0 Å². The van der Waals surface area contributed by atoms with Crippen molar-refractivity contribution in [1.29, 1.82) is 0 Å². The van der Waals surface area contributed by atoms with Gasteiger partial charge in [0.1, 0.15) is 4.88 Å². The minimum atomic E-state index is -0.811. The molecule has 0 spiro atoms. The van der Waals surface area contributed by atoms with Crippen LogP contribution < -0.4 is 0 Å². The van der Waals surface area contributed by atoms with E-state index < -0.39 is 5.97 Å². The Morgan fingerprint density at radius 1 is 1.62 bits per heavy atom. The monoisotopic (exact) mass is 239 g/mol. The molecular formula is C12H17NO2S. The first kappa shape index (κ1) is 11.6. The molecular weight excluding hydrogens is 222 g/mol. The van der Waals surface area contributed by atoms with Crippen LogP contribution in [0.5, 0.6) is 0 Å². The summed E-state index contributed by atoms with van der Waals surface area (Å²) in [5.74, 6) is -0.811. The molecule has 1 aromatic rings. The van der Waals surface area contributed by atoms with Crippen molar-refractivity contribution in [2.45, 2.75) is 39.3 Å². The van der Waals surface area contributed by atoms with Gasteiger partial charge in [-0.05, 0) is 37.9 Å². The average molecular weight is 239 g/mol. The highest BCUT2D eigenvalue weighted by molar-refractivity contribution is 7.14. The van der Waals surface area contributed by atoms with Crippen LogP contribution in [0.25, 0.3) is 0 Å². The number of carboxylic acid groups (broad SMARTS) is 1. The Hall–Kier alpha value is -0.870. The van der Waals surface area contributed by atoms with Gasteiger partial charge >= 0.3 is 5.97 Å². The van der Waals surface area contributed by atoms with Gasteiger partial charge in [0.15, 0.2) is 0 Å². The molecule has 0 amide bonds. The molecule has 2 rings (SSSR count). The maximum Gasteiger partial charge on any atom is 0.345 e. The van der Waals surface area contributed by atoms with Crippen molar-refractivity contribution in [3.8, 4) is 0 Å². The zero-order valence-electron chi connectivity index (χ0n) is 9.69. The molecule has 1 aliphatic rings. The van der Waals surface area contributed by atoms with E-state index in [0.29, 0.717) is 4.88 Å². The van der Waals surface area contributed by atoms with Gasteiger partial charge in [-0.15, -0.1) is 11.3 Å². The van der Waals surface area contributed by atoms with Gasteiger partial charge in [-0.25, -0.2) is 4.79 Å². The van der Waals surface area contributed by atoms with Crippen LogP contribution in [-0.2, 0) is 6.54 Å². The van der Waals surface area contributed by atoms with Crippen molar-refractivity contribution in [3.05, 3.63) is 21.4 Å². The van der Waals surface area contributed by atoms with Crippen molar-refractivity contribution >= 4 is 17.3 Å². The van der Waals surface area contributed by atoms with E-state index in [1.807, 2.05) is 13.0 Å². The molecule has 0 saturated heterocycles. The molecule has 88 valence electrons. The lowest BCUT2D eigenvalue weighted by Crippen LogP contribution is -2.25. The molecule has 3 nitrogen and oxygen atoms in total. The third-order valence-corrected chi connectivity index (χ3v) is 4.16. The summed E-state index contributed by atoms with van der Waals surface area (Å²) in [6.45, 7) is 6.12. The molecule has 1 fully saturated rings. The Morgan fingerprint density at radius 2 is 2.31 bits per heavy atom. The summed E-state index contributed by atoms with van der Waals surface area (Å²) in [4.78, 5) is 14.9. The minimum absolute atomic E-state index is 0.458. The second-order valence-electron chi connectivity index (χ2n) is 4.29. The van der Waals surface area contributed by atoms with E-state index in [-0.39, 0.29) is 0 Å². The van der Waals surface area contributed by atoms with Crippen molar-refractivity contribution < 1.29 is 9.90 Å². The zero-order chi connectivity index (χ0) is 11.7. The largest absolute Gasteiger partial charge is 0.477 e. The molecule has 1 N–H and O–H groups in total. The van der Waals surface area contributed by atoms with E-state index >= 15 is 0 Å². The Morgan fingerprint density at radius 3 is 2.75 bits per heavy atom. The predicted octanol–water partition coefficient (Wildman–Crippen LogP) is 2.74. The number of carbonyl (C=O) groups is 1. The van der Waals surface area contributed by atoms with Crippen molar-refractivity contribution in [2.24, 2.45) is 0 Å². The lowest BCUT2D eigenvalue weighted by Gasteiger charge is -2.19. The fourth-order valence-corrected chi connectivity index (χ4v) is 2.81. The predicted molar refractivity (Wildman–Crippen MR) is 65.1 cm³/mol. The van der Waals surface area contributed by atoms with Crippen molar-refractivity contribution in [1.82, 2.24) is 4.90 Å². The number of thiophene rings is 1. The van der Waals surface area contributed by atoms with Crippen molar-refractivity contribution in [2.75, 3.05) is 6.54 Å². The van der Waals surface area contributed by atoms with Crippen LogP contribution in [0.15, 0.2) is 6.07 Å².